The van der Waals surface area contributed by atoms with E-state index in [0.29, 0.717) is 20.2 Å². The Hall–Kier alpha value is -1.89. The fourth-order valence-corrected chi connectivity index (χ4v) is 4.43. The van der Waals surface area contributed by atoms with Gasteiger partial charge in [-0.1, -0.05) is 69.3 Å². The Kier molecular flexibility index (Phi) is 5.50. The van der Waals surface area contributed by atoms with Crippen LogP contribution in [0.4, 0.5) is 0 Å². The number of para-hydroxylation sites is 1. The van der Waals surface area contributed by atoms with Crippen molar-refractivity contribution in [1.29, 1.82) is 0 Å². The molecule has 0 heterocycles. The monoisotopic (exact) mass is 338 g/mol. The summed E-state index contributed by atoms with van der Waals surface area (Å²) in [4.78, 5) is 0. The lowest BCUT2D eigenvalue weighted by atomic mass is 9.93. The van der Waals surface area contributed by atoms with Gasteiger partial charge in [0.2, 0.25) is 0 Å². The van der Waals surface area contributed by atoms with Gasteiger partial charge in [0.25, 0.3) is 0 Å². The summed E-state index contributed by atoms with van der Waals surface area (Å²) >= 11 is 0. The van der Waals surface area contributed by atoms with Crippen LogP contribution in [0.15, 0.2) is 60.7 Å². The van der Waals surface area contributed by atoms with Gasteiger partial charge in [-0.3, -0.25) is 0 Å². The van der Waals surface area contributed by atoms with Crippen molar-refractivity contribution in [3.05, 3.63) is 77.4 Å². The lowest BCUT2D eigenvalue weighted by Gasteiger charge is -2.17. The van der Waals surface area contributed by atoms with Crippen LogP contribution in [0.5, 0.6) is 5.75 Å². The highest BCUT2D eigenvalue weighted by Crippen LogP contribution is 2.28. The summed E-state index contributed by atoms with van der Waals surface area (Å²) in [6.45, 7) is 2.09. The van der Waals surface area contributed by atoms with Crippen molar-refractivity contribution < 1.29 is 10.2 Å². The van der Waals surface area contributed by atoms with Gasteiger partial charge in [-0.15, -0.1) is 0 Å². The van der Waals surface area contributed by atoms with E-state index in [1.807, 2.05) is 30.3 Å². The van der Waals surface area contributed by atoms with Crippen LogP contribution in [0.2, 0.25) is 0 Å². The molecule has 0 saturated carbocycles. The summed E-state index contributed by atoms with van der Waals surface area (Å²) in [5.41, 5.74) is 3.10. The van der Waals surface area contributed by atoms with Gasteiger partial charge in [0, 0.05) is 5.30 Å². The van der Waals surface area contributed by atoms with E-state index < -0.39 is 0 Å². The minimum Gasteiger partial charge on any atom is -0.507 e. The van der Waals surface area contributed by atoms with E-state index in [9.17, 15) is 10.2 Å². The van der Waals surface area contributed by atoms with Crippen molar-refractivity contribution in [2.45, 2.75) is 26.4 Å². The molecule has 0 aliphatic heterocycles. The Morgan fingerprint density at radius 1 is 1.08 bits per heavy atom. The Balaban J connectivity index is 1.86. The van der Waals surface area contributed by atoms with E-state index in [2.05, 4.69) is 37.3 Å². The first-order chi connectivity index (χ1) is 11.7. The molecule has 0 saturated heterocycles. The molecule has 124 valence electrons. The van der Waals surface area contributed by atoms with Crippen molar-refractivity contribution in [3.8, 4) is 5.75 Å². The minimum atomic E-state index is 0.0314. The first-order valence-electron chi connectivity index (χ1n) is 8.29. The van der Waals surface area contributed by atoms with Gasteiger partial charge >= 0.3 is 0 Å². The zero-order chi connectivity index (χ0) is 16.9. The van der Waals surface area contributed by atoms with Crippen molar-refractivity contribution in [2.24, 2.45) is 5.92 Å². The number of phenols is 1. The number of aromatic hydroxyl groups is 1. The molecule has 2 aromatic rings. The van der Waals surface area contributed by atoms with E-state index in [1.165, 1.54) is 0 Å². The van der Waals surface area contributed by atoms with Gasteiger partial charge in [0.1, 0.15) is 5.75 Å². The molecule has 2 atom stereocenters. The van der Waals surface area contributed by atoms with E-state index in [0.717, 1.165) is 40.1 Å². The van der Waals surface area contributed by atoms with Crippen LogP contribution in [0.1, 0.15) is 23.1 Å². The molecule has 0 radical (unpaired) electrons. The predicted molar refractivity (Wildman–Crippen MR) is 103 cm³/mol. The smallest absolute Gasteiger partial charge is 0.126 e. The fourth-order valence-electron chi connectivity index (χ4n) is 3.10. The number of benzene rings is 2. The lowest BCUT2D eigenvalue weighted by molar-refractivity contribution is 0.283. The average Bonchev–Trinajstić information content (AvgIpc) is 2.61. The van der Waals surface area contributed by atoms with Crippen LogP contribution in [0.25, 0.3) is 0 Å². The zero-order valence-corrected chi connectivity index (χ0v) is 14.9. The summed E-state index contributed by atoms with van der Waals surface area (Å²) in [7, 11) is 0.347. The number of aliphatic hydroxyl groups is 1. The standard InChI is InChI=1S/C21H23O2P/c1-15-7-5-11-18(14-22)21(15)24-19-12-6-10-17(20(19)23)13-16-8-3-2-4-9-16/h2-8,10-12,16,22-24H,9,13-14H2,1H3. The van der Waals surface area contributed by atoms with Crippen LogP contribution >= 0.6 is 8.58 Å². The molecule has 0 spiro atoms. The second-order valence-electron chi connectivity index (χ2n) is 6.22. The summed E-state index contributed by atoms with van der Waals surface area (Å²) in [6.07, 6.45) is 10.4. The normalized spacial score (nSPS) is 17.0. The van der Waals surface area contributed by atoms with Gasteiger partial charge in [-0.05, 0) is 47.7 Å². The minimum absolute atomic E-state index is 0.0314. The first-order valence-corrected chi connectivity index (χ1v) is 9.29. The molecule has 0 amide bonds. The van der Waals surface area contributed by atoms with Crippen molar-refractivity contribution in [1.82, 2.24) is 0 Å². The molecular formula is C21H23O2P. The van der Waals surface area contributed by atoms with Crippen LogP contribution < -0.4 is 10.6 Å². The van der Waals surface area contributed by atoms with Crippen molar-refractivity contribution in [3.63, 3.8) is 0 Å². The van der Waals surface area contributed by atoms with Gasteiger partial charge < -0.3 is 10.2 Å². The Labute approximate surface area is 145 Å². The second-order valence-corrected chi connectivity index (χ2v) is 7.51. The largest absolute Gasteiger partial charge is 0.507 e. The van der Waals surface area contributed by atoms with Crippen LogP contribution in [-0.4, -0.2) is 10.2 Å². The molecule has 24 heavy (non-hydrogen) atoms. The zero-order valence-electron chi connectivity index (χ0n) is 13.9. The number of hydrogen-bond acceptors (Lipinski definition) is 2. The van der Waals surface area contributed by atoms with Crippen LogP contribution in [0, 0.1) is 12.8 Å². The summed E-state index contributed by atoms with van der Waals surface area (Å²) in [5, 5.41) is 22.4. The fraction of sp³-hybridized carbons (Fsp3) is 0.238. The number of aryl methyl sites for hydroxylation is 1. The Bertz CT molecular complexity index is 777. The first kappa shape index (κ1) is 17.0. The number of phenolic OH excluding ortho intramolecular Hbond substituents is 1. The van der Waals surface area contributed by atoms with Gasteiger partial charge in [0.15, 0.2) is 0 Å². The highest BCUT2D eigenvalue weighted by molar-refractivity contribution is 7.56. The lowest BCUT2D eigenvalue weighted by Crippen LogP contribution is -2.14. The highest BCUT2D eigenvalue weighted by Gasteiger charge is 2.14. The SMILES string of the molecule is Cc1cccc(CO)c1Pc1cccc(CC2C=CC=CC2)c1O. The molecule has 0 bridgehead atoms. The maximum Gasteiger partial charge on any atom is 0.126 e. The molecule has 2 N–H and O–H groups in total. The highest BCUT2D eigenvalue weighted by atomic mass is 31.1. The number of aliphatic hydroxyl groups excluding tert-OH is 1. The van der Waals surface area contributed by atoms with E-state index in [-0.39, 0.29) is 6.61 Å². The molecular weight excluding hydrogens is 315 g/mol. The second kappa shape index (κ2) is 7.79. The number of rotatable bonds is 5. The molecule has 0 aromatic heterocycles. The Morgan fingerprint density at radius 2 is 1.88 bits per heavy atom. The van der Waals surface area contributed by atoms with E-state index >= 15 is 0 Å². The summed E-state index contributed by atoms with van der Waals surface area (Å²) in [5.74, 6) is 0.858. The number of allylic oxidation sites excluding steroid dienone is 4. The molecule has 2 unspecified atom stereocenters. The van der Waals surface area contributed by atoms with Crippen LogP contribution in [0.3, 0.4) is 0 Å². The molecule has 1 aliphatic carbocycles. The van der Waals surface area contributed by atoms with E-state index in [4.69, 9.17) is 0 Å². The summed E-state index contributed by atoms with van der Waals surface area (Å²) < 4.78 is 0. The summed E-state index contributed by atoms with van der Waals surface area (Å²) in [6, 6.07) is 12.0. The third-order valence-corrected chi connectivity index (χ3v) is 6.10. The quantitative estimate of drug-likeness (QED) is 0.819. The third kappa shape index (κ3) is 3.77. The average molecular weight is 338 g/mol. The van der Waals surface area contributed by atoms with Crippen molar-refractivity contribution >= 4 is 19.2 Å². The topological polar surface area (TPSA) is 40.5 Å². The molecule has 3 rings (SSSR count). The molecule has 2 aromatic carbocycles. The van der Waals surface area contributed by atoms with Crippen molar-refractivity contribution in [2.75, 3.05) is 0 Å². The van der Waals surface area contributed by atoms with Gasteiger partial charge in [0.05, 0.1) is 6.61 Å². The third-order valence-electron chi connectivity index (χ3n) is 4.46. The molecule has 0 fully saturated rings. The predicted octanol–water partition coefficient (Wildman–Crippen LogP) is 3.50. The molecule has 2 nitrogen and oxygen atoms in total. The molecule has 1 aliphatic rings. The van der Waals surface area contributed by atoms with Crippen LogP contribution in [-0.2, 0) is 13.0 Å². The van der Waals surface area contributed by atoms with Gasteiger partial charge in [-0.2, -0.15) is 0 Å². The maximum atomic E-state index is 10.7. The maximum absolute atomic E-state index is 10.7. The molecule has 3 heteroatoms. The Morgan fingerprint density at radius 3 is 2.62 bits per heavy atom. The van der Waals surface area contributed by atoms with E-state index in [1.54, 1.807) is 0 Å². The van der Waals surface area contributed by atoms with Gasteiger partial charge in [-0.25, -0.2) is 0 Å². The number of hydrogen-bond donors (Lipinski definition) is 2.